The first kappa shape index (κ1) is 11.0. The molecule has 0 aliphatic heterocycles. The zero-order chi connectivity index (χ0) is 11.5. The largest absolute Gasteiger partial charge is 0.340 e. The van der Waals surface area contributed by atoms with Gasteiger partial charge in [-0.25, -0.2) is 4.98 Å². The van der Waals surface area contributed by atoms with Crippen LogP contribution in [0.15, 0.2) is 23.7 Å². The number of nitrogens with one attached hydrogen (secondary N) is 2. The van der Waals surface area contributed by atoms with Crippen LogP contribution in [0.1, 0.15) is 31.5 Å². The van der Waals surface area contributed by atoms with Gasteiger partial charge in [-0.3, -0.25) is 0 Å². The molecule has 2 aromatic rings. The highest BCUT2D eigenvalue weighted by Crippen LogP contribution is 2.22. The Hall–Kier alpha value is -1.13. The third-order valence-electron chi connectivity index (χ3n) is 3.33. The Labute approximate surface area is 105 Å². The Kier molecular flexibility index (Phi) is 3.25. The van der Waals surface area contributed by atoms with E-state index in [2.05, 4.69) is 32.8 Å². The van der Waals surface area contributed by atoms with Crippen LogP contribution in [0, 0.1) is 0 Å². The van der Waals surface area contributed by atoms with Gasteiger partial charge in [0.1, 0.15) is 5.82 Å². The molecule has 2 N–H and O–H groups in total. The van der Waals surface area contributed by atoms with Crippen LogP contribution in [0.3, 0.4) is 0 Å². The van der Waals surface area contributed by atoms with Gasteiger partial charge in [0.25, 0.3) is 0 Å². The number of hydrogen-bond donors (Lipinski definition) is 2. The lowest BCUT2D eigenvalue weighted by molar-refractivity contribution is 0.515. The summed E-state index contributed by atoms with van der Waals surface area (Å²) in [5.41, 5.74) is 1.13. The average molecular weight is 247 g/mol. The SMILES string of the molecule is c1csc(-c2cnc(CNC3CCCC3)[nH]2)c1. The lowest BCUT2D eigenvalue weighted by Gasteiger charge is -2.09. The molecule has 2 aromatic heterocycles. The number of aromatic nitrogens is 2. The Balaban J connectivity index is 1.60. The number of rotatable bonds is 4. The van der Waals surface area contributed by atoms with Crippen molar-refractivity contribution in [2.75, 3.05) is 0 Å². The van der Waals surface area contributed by atoms with Crippen molar-refractivity contribution in [1.29, 1.82) is 0 Å². The molecule has 0 radical (unpaired) electrons. The molecule has 0 bridgehead atoms. The lowest BCUT2D eigenvalue weighted by Crippen LogP contribution is -2.25. The first-order valence-corrected chi connectivity index (χ1v) is 7.11. The van der Waals surface area contributed by atoms with E-state index in [0.717, 1.165) is 18.1 Å². The first-order chi connectivity index (χ1) is 8.42. The fourth-order valence-corrected chi connectivity index (χ4v) is 3.07. The van der Waals surface area contributed by atoms with Crippen molar-refractivity contribution in [3.63, 3.8) is 0 Å². The summed E-state index contributed by atoms with van der Waals surface area (Å²) < 4.78 is 0. The van der Waals surface area contributed by atoms with Crippen molar-refractivity contribution in [3.8, 4) is 10.6 Å². The normalized spacial score (nSPS) is 16.7. The Morgan fingerprint density at radius 1 is 1.41 bits per heavy atom. The minimum atomic E-state index is 0.699. The van der Waals surface area contributed by atoms with E-state index in [0.29, 0.717) is 6.04 Å². The zero-order valence-corrected chi connectivity index (χ0v) is 10.6. The molecule has 1 saturated carbocycles. The summed E-state index contributed by atoms with van der Waals surface area (Å²) in [7, 11) is 0. The van der Waals surface area contributed by atoms with Crippen LogP contribution in [0.4, 0.5) is 0 Å². The molecule has 0 saturated heterocycles. The van der Waals surface area contributed by atoms with Gasteiger partial charge in [-0.15, -0.1) is 11.3 Å². The molecular weight excluding hydrogens is 230 g/mol. The van der Waals surface area contributed by atoms with Gasteiger partial charge in [0, 0.05) is 6.04 Å². The zero-order valence-electron chi connectivity index (χ0n) is 9.78. The van der Waals surface area contributed by atoms with Crippen LogP contribution in [-0.4, -0.2) is 16.0 Å². The minimum absolute atomic E-state index is 0.699. The lowest BCUT2D eigenvalue weighted by atomic mass is 10.2. The van der Waals surface area contributed by atoms with E-state index in [-0.39, 0.29) is 0 Å². The molecule has 1 fully saturated rings. The number of aromatic amines is 1. The van der Waals surface area contributed by atoms with Gasteiger partial charge in [0.2, 0.25) is 0 Å². The predicted molar refractivity (Wildman–Crippen MR) is 71.0 cm³/mol. The van der Waals surface area contributed by atoms with Crippen molar-refractivity contribution in [3.05, 3.63) is 29.5 Å². The maximum atomic E-state index is 4.42. The molecule has 3 nitrogen and oxygen atoms in total. The Morgan fingerprint density at radius 2 is 2.29 bits per heavy atom. The second-order valence-corrected chi connectivity index (χ2v) is 5.53. The van der Waals surface area contributed by atoms with Gasteiger partial charge >= 0.3 is 0 Å². The standard InChI is InChI=1S/C13H17N3S/c1-2-5-10(4-1)14-9-13-15-8-11(16-13)12-6-3-7-17-12/h3,6-8,10,14H,1-2,4-5,9H2,(H,15,16). The van der Waals surface area contributed by atoms with Gasteiger partial charge in [0.15, 0.2) is 0 Å². The molecule has 0 spiro atoms. The molecule has 1 aliphatic rings. The number of H-pyrrole nitrogens is 1. The van der Waals surface area contributed by atoms with Gasteiger partial charge in [-0.05, 0) is 24.3 Å². The van der Waals surface area contributed by atoms with Crippen molar-refractivity contribution >= 4 is 11.3 Å². The van der Waals surface area contributed by atoms with Crippen LogP contribution < -0.4 is 5.32 Å². The van der Waals surface area contributed by atoms with Gasteiger partial charge in [-0.1, -0.05) is 18.9 Å². The maximum Gasteiger partial charge on any atom is 0.120 e. The van der Waals surface area contributed by atoms with E-state index in [9.17, 15) is 0 Å². The quantitative estimate of drug-likeness (QED) is 0.871. The first-order valence-electron chi connectivity index (χ1n) is 6.23. The summed E-state index contributed by atoms with van der Waals surface area (Å²) in [6.07, 6.45) is 7.31. The van der Waals surface area contributed by atoms with Crippen LogP contribution in [0.25, 0.3) is 10.6 Å². The van der Waals surface area contributed by atoms with E-state index in [4.69, 9.17) is 0 Å². The third kappa shape index (κ3) is 2.58. The van der Waals surface area contributed by atoms with Crippen LogP contribution in [-0.2, 0) is 6.54 Å². The van der Waals surface area contributed by atoms with Crippen LogP contribution in [0.2, 0.25) is 0 Å². The van der Waals surface area contributed by atoms with Gasteiger partial charge in [-0.2, -0.15) is 0 Å². The second-order valence-electron chi connectivity index (χ2n) is 4.58. The fraction of sp³-hybridized carbons (Fsp3) is 0.462. The third-order valence-corrected chi connectivity index (χ3v) is 4.23. The van der Waals surface area contributed by atoms with Crippen molar-refractivity contribution < 1.29 is 0 Å². The summed E-state index contributed by atoms with van der Waals surface area (Å²) in [5, 5.41) is 5.66. The van der Waals surface area contributed by atoms with E-state index in [1.54, 1.807) is 11.3 Å². The molecule has 0 atom stereocenters. The molecule has 17 heavy (non-hydrogen) atoms. The average Bonchev–Trinajstić information content (AvgIpc) is 3.09. The molecular formula is C13H17N3S. The highest BCUT2D eigenvalue weighted by Gasteiger charge is 2.14. The number of hydrogen-bond acceptors (Lipinski definition) is 3. The fourth-order valence-electron chi connectivity index (χ4n) is 2.38. The summed E-state index contributed by atoms with van der Waals surface area (Å²) >= 11 is 1.74. The molecule has 1 aliphatic carbocycles. The Bertz CT molecular complexity index is 455. The van der Waals surface area contributed by atoms with E-state index in [1.165, 1.54) is 30.6 Å². The summed E-state index contributed by atoms with van der Waals surface area (Å²) in [6.45, 7) is 0.857. The van der Waals surface area contributed by atoms with Crippen LogP contribution >= 0.6 is 11.3 Å². The van der Waals surface area contributed by atoms with Crippen molar-refractivity contribution in [2.45, 2.75) is 38.3 Å². The maximum absolute atomic E-state index is 4.42. The topological polar surface area (TPSA) is 40.7 Å². The highest BCUT2D eigenvalue weighted by atomic mass is 32.1. The van der Waals surface area contributed by atoms with E-state index < -0.39 is 0 Å². The molecule has 3 rings (SSSR count). The van der Waals surface area contributed by atoms with Gasteiger partial charge in [0.05, 0.1) is 23.3 Å². The summed E-state index contributed by atoms with van der Waals surface area (Å²) in [5.74, 6) is 1.04. The molecule has 0 aromatic carbocycles. The van der Waals surface area contributed by atoms with Gasteiger partial charge < -0.3 is 10.3 Å². The number of imidazole rings is 1. The highest BCUT2D eigenvalue weighted by molar-refractivity contribution is 7.13. The Morgan fingerprint density at radius 3 is 3.06 bits per heavy atom. The summed E-state index contributed by atoms with van der Waals surface area (Å²) in [4.78, 5) is 9.05. The van der Waals surface area contributed by atoms with E-state index in [1.807, 2.05) is 6.20 Å². The minimum Gasteiger partial charge on any atom is -0.340 e. The number of thiophene rings is 1. The number of nitrogens with zero attached hydrogens (tertiary/aromatic N) is 1. The van der Waals surface area contributed by atoms with Crippen molar-refractivity contribution in [1.82, 2.24) is 15.3 Å². The van der Waals surface area contributed by atoms with Crippen molar-refractivity contribution in [2.24, 2.45) is 0 Å². The van der Waals surface area contributed by atoms with Crippen LogP contribution in [0.5, 0.6) is 0 Å². The smallest absolute Gasteiger partial charge is 0.120 e. The molecule has 2 heterocycles. The molecule has 90 valence electrons. The molecule has 0 amide bonds. The summed E-state index contributed by atoms with van der Waals surface area (Å²) in [6, 6.07) is 4.88. The van der Waals surface area contributed by atoms with E-state index >= 15 is 0 Å². The molecule has 4 heteroatoms. The molecule has 0 unspecified atom stereocenters. The monoisotopic (exact) mass is 247 g/mol. The predicted octanol–water partition coefficient (Wildman–Crippen LogP) is 3.17. The second kappa shape index (κ2) is 5.02.